The summed E-state index contributed by atoms with van der Waals surface area (Å²) in [5.74, 6) is 0.690. The summed E-state index contributed by atoms with van der Waals surface area (Å²) < 4.78 is 1.70. The largest absolute Gasteiger partial charge is 0.319 e. The molecule has 0 radical (unpaired) electrons. The molecule has 0 atom stereocenters. The topological polar surface area (TPSA) is 116 Å². The lowest BCUT2D eigenvalue weighted by atomic mass is 10.2. The number of carbonyl (C=O) groups excluding carboxylic acids is 1. The van der Waals surface area contributed by atoms with E-state index in [1.807, 2.05) is 6.92 Å². The Balaban J connectivity index is 1.76. The van der Waals surface area contributed by atoms with Crippen molar-refractivity contribution in [2.45, 2.75) is 6.92 Å². The van der Waals surface area contributed by atoms with Gasteiger partial charge in [0.05, 0.1) is 23.0 Å². The van der Waals surface area contributed by atoms with Gasteiger partial charge in [-0.3, -0.25) is 19.5 Å². The number of nitro benzene ring substituents is 1. The predicted molar refractivity (Wildman–Crippen MR) is 84.9 cm³/mol. The molecular formula is C15H12N6O3. The van der Waals surface area contributed by atoms with Crippen LogP contribution in [0.2, 0.25) is 0 Å². The van der Waals surface area contributed by atoms with E-state index in [1.54, 1.807) is 17.0 Å². The average Bonchev–Trinajstić information content (AvgIpc) is 3.01. The molecule has 3 rings (SSSR count). The first-order valence-electron chi connectivity index (χ1n) is 6.93. The zero-order chi connectivity index (χ0) is 17.1. The molecule has 2 aromatic heterocycles. The molecule has 0 saturated heterocycles. The van der Waals surface area contributed by atoms with E-state index in [2.05, 4.69) is 20.3 Å². The van der Waals surface area contributed by atoms with E-state index in [1.165, 1.54) is 36.7 Å². The Labute approximate surface area is 136 Å². The lowest BCUT2D eigenvalue weighted by molar-refractivity contribution is -0.384. The number of nitrogens with zero attached hydrogens (tertiary/aromatic N) is 5. The molecule has 0 bridgehead atoms. The number of benzene rings is 1. The third kappa shape index (κ3) is 3.09. The number of carbonyl (C=O) groups is 1. The molecule has 0 aliphatic carbocycles. The average molecular weight is 324 g/mol. The predicted octanol–water partition coefficient (Wildman–Crippen LogP) is 2.13. The summed E-state index contributed by atoms with van der Waals surface area (Å²) in [6.45, 7) is 1.82. The highest BCUT2D eigenvalue weighted by Crippen LogP contribution is 2.15. The highest BCUT2D eigenvalue weighted by Gasteiger charge is 2.12. The van der Waals surface area contributed by atoms with Gasteiger partial charge in [0, 0.05) is 30.1 Å². The summed E-state index contributed by atoms with van der Waals surface area (Å²) >= 11 is 0. The summed E-state index contributed by atoms with van der Waals surface area (Å²) in [5.41, 5.74) is 0.414. The van der Waals surface area contributed by atoms with Gasteiger partial charge in [-0.2, -0.15) is 0 Å². The molecule has 9 nitrogen and oxygen atoms in total. The summed E-state index contributed by atoms with van der Waals surface area (Å²) in [5, 5.41) is 13.4. The Bertz CT molecular complexity index is 904. The van der Waals surface area contributed by atoms with Crippen molar-refractivity contribution in [2.24, 2.45) is 0 Å². The van der Waals surface area contributed by atoms with E-state index in [0.717, 1.165) is 5.82 Å². The van der Waals surface area contributed by atoms with E-state index in [9.17, 15) is 14.9 Å². The van der Waals surface area contributed by atoms with Gasteiger partial charge >= 0.3 is 0 Å². The van der Waals surface area contributed by atoms with Crippen LogP contribution < -0.4 is 5.32 Å². The Morgan fingerprint density at radius 2 is 2.00 bits per heavy atom. The number of rotatable bonds is 4. The fraction of sp³-hybridized carbons (Fsp3) is 0.0667. The number of amides is 1. The molecule has 0 spiro atoms. The molecule has 24 heavy (non-hydrogen) atoms. The highest BCUT2D eigenvalue weighted by molar-refractivity contribution is 6.04. The first-order chi connectivity index (χ1) is 11.5. The van der Waals surface area contributed by atoms with E-state index in [-0.39, 0.29) is 11.3 Å². The standard InChI is InChI=1S/C15H12N6O3/c1-10-16-5-6-20(10)15-17-8-12(9-18-15)19-14(22)11-3-2-4-13(7-11)21(23)24/h2-9H,1H3,(H,19,22). The zero-order valence-corrected chi connectivity index (χ0v) is 12.6. The van der Waals surface area contributed by atoms with Crippen LogP contribution in [-0.4, -0.2) is 30.3 Å². The zero-order valence-electron chi connectivity index (χ0n) is 12.6. The van der Waals surface area contributed by atoms with Crippen LogP contribution in [0.15, 0.2) is 49.1 Å². The number of hydrogen-bond acceptors (Lipinski definition) is 6. The van der Waals surface area contributed by atoms with Gasteiger partial charge in [-0.25, -0.2) is 15.0 Å². The number of hydrogen-bond donors (Lipinski definition) is 1. The van der Waals surface area contributed by atoms with Gasteiger partial charge < -0.3 is 5.32 Å². The minimum Gasteiger partial charge on any atom is -0.319 e. The van der Waals surface area contributed by atoms with Gasteiger partial charge in [0.25, 0.3) is 11.6 Å². The lowest BCUT2D eigenvalue weighted by Gasteiger charge is -2.06. The normalized spacial score (nSPS) is 10.4. The molecule has 1 aromatic carbocycles. The number of aromatic nitrogens is 4. The van der Waals surface area contributed by atoms with Crippen LogP contribution >= 0.6 is 0 Å². The molecule has 120 valence electrons. The van der Waals surface area contributed by atoms with Crippen LogP contribution in [0, 0.1) is 17.0 Å². The minimum absolute atomic E-state index is 0.148. The van der Waals surface area contributed by atoms with Crippen LogP contribution in [0.4, 0.5) is 11.4 Å². The number of non-ortho nitro benzene ring substituents is 1. The van der Waals surface area contributed by atoms with Crippen LogP contribution in [0.5, 0.6) is 0 Å². The molecule has 3 aromatic rings. The van der Waals surface area contributed by atoms with Crippen molar-refractivity contribution in [3.63, 3.8) is 0 Å². The maximum Gasteiger partial charge on any atom is 0.270 e. The first-order valence-corrected chi connectivity index (χ1v) is 6.93. The Hall–Kier alpha value is -3.62. The Kier molecular flexibility index (Phi) is 3.98. The lowest BCUT2D eigenvalue weighted by Crippen LogP contribution is -2.13. The molecule has 0 fully saturated rings. The van der Waals surface area contributed by atoms with Crippen molar-refractivity contribution < 1.29 is 9.72 Å². The second-order valence-electron chi connectivity index (χ2n) is 4.88. The van der Waals surface area contributed by atoms with Gasteiger partial charge in [-0.1, -0.05) is 6.07 Å². The molecule has 0 aliphatic rings. The Morgan fingerprint density at radius 1 is 1.25 bits per heavy atom. The maximum absolute atomic E-state index is 12.2. The van der Waals surface area contributed by atoms with E-state index >= 15 is 0 Å². The third-order valence-corrected chi connectivity index (χ3v) is 3.26. The summed E-state index contributed by atoms with van der Waals surface area (Å²) in [6.07, 6.45) is 6.27. The van der Waals surface area contributed by atoms with E-state index in [4.69, 9.17) is 0 Å². The van der Waals surface area contributed by atoms with Gasteiger partial charge in [0.2, 0.25) is 5.95 Å². The summed E-state index contributed by atoms with van der Waals surface area (Å²) in [6, 6.07) is 5.47. The van der Waals surface area contributed by atoms with Crippen molar-refractivity contribution in [1.82, 2.24) is 19.5 Å². The first kappa shape index (κ1) is 15.3. The number of imidazole rings is 1. The number of aryl methyl sites for hydroxylation is 1. The van der Waals surface area contributed by atoms with Crippen molar-refractivity contribution in [2.75, 3.05) is 5.32 Å². The third-order valence-electron chi connectivity index (χ3n) is 3.26. The van der Waals surface area contributed by atoms with Crippen molar-refractivity contribution in [1.29, 1.82) is 0 Å². The Morgan fingerprint density at radius 3 is 2.62 bits per heavy atom. The maximum atomic E-state index is 12.2. The van der Waals surface area contributed by atoms with Gasteiger partial charge in [0.1, 0.15) is 5.82 Å². The molecule has 0 unspecified atom stereocenters. The minimum atomic E-state index is -0.553. The second kappa shape index (κ2) is 6.24. The van der Waals surface area contributed by atoms with Crippen molar-refractivity contribution in [3.8, 4) is 5.95 Å². The smallest absolute Gasteiger partial charge is 0.270 e. The summed E-state index contributed by atoms with van der Waals surface area (Å²) in [7, 11) is 0. The fourth-order valence-corrected chi connectivity index (χ4v) is 2.06. The molecule has 1 N–H and O–H groups in total. The monoisotopic (exact) mass is 324 g/mol. The quantitative estimate of drug-likeness (QED) is 0.580. The van der Waals surface area contributed by atoms with E-state index in [0.29, 0.717) is 11.6 Å². The van der Waals surface area contributed by atoms with Crippen molar-refractivity contribution in [3.05, 3.63) is 70.6 Å². The molecule has 1 amide bonds. The number of nitrogens with one attached hydrogen (secondary N) is 1. The molecule has 2 heterocycles. The van der Waals surface area contributed by atoms with E-state index < -0.39 is 10.8 Å². The highest BCUT2D eigenvalue weighted by atomic mass is 16.6. The fourth-order valence-electron chi connectivity index (χ4n) is 2.06. The van der Waals surface area contributed by atoms with Crippen LogP contribution in [-0.2, 0) is 0 Å². The van der Waals surface area contributed by atoms with Crippen LogP contribution in [0.1, 0.15) is 16.2 Å². The SMILES string of the molecule is Cc1nccn1-c1ncc(NC(=O)c2cccc([N+](=O)[O-])c2)cn1. The number of nitro groups is 1. The van der Waals surface area contributed by atoms with Gasteiger partial charge in [-0.05, 0) is 13.0 Å². The summed E-state index contributed by atoms with van der Waals surface area (Å²) in [4.78, 5) is 34.8. The molecular weight excluding hydrogens is 312 g/mol. The second-order valence-corrected chi connectivity index (χ2v) is 4.88. The molecule has 0 saturated carbocycles. The van der Waals surface area contributed by atoms with Crippen molar-refractivity contribution >= 4 is 17.3 Å². The molecule has 9 heteroatoms. The molecule has 0 aliphatic heterocycles. The van der Waals surface area contributed by atoms with Crippen LogP contribution in [0.3, 0.4) is 0 Å². The van der Waals surface area contributed by atoms with Crippen LogP contribution in [0.25, 0.3) is 5.95 Å². The van der Waals surface area contributed by atoms with Gasteiger partial charge in [-0.15, -0.1) is 0 Å². The number of anilines is 1. The van der Waals surface area contributed by atoms with Gasteiger partial charge in [0.15, 0.2) is 0 Å².